The number of fused-ring (bicyclic) bond motifs is 7. The predicted octanol–water partition coefficient (Wildman–Crippen LogP) is 8.74. The predicted molar refractivity (Wildman–Crippen MR) is 140 cm³/mol. The van der Waals surface area contributed by atoms with Gasteiger partial charge < -0.3 is 4.74 Å². The number of ether oxygens (including phenoxy) is 1. The molecular weight excluding hydrogens is 416 g/mol. The lowest BCUT2D eigenvalue weighted by Crippen LogP contribution is -2.63. The van der Waals surface area contributed by atoms with Crippen molar-refractivity contribution in [1.82, 2.24) is 0 Å². The first kappa shape index (κ1) is 24.9. The van der Waals surface area contributed by atoms with E-state index in [1.54, 1.807) is 12.5 Å². The Balaban J connectivity index is 1.53. The van der Waals surface area contributed by atoms with Gasteiger partial charge in [0.1, 0.15) is 6.10 Å². The summed E-state index contributed by atoms with van der Waals surface area (Å²) < 4.78 is 5.92. The molecule has 5 aliphatic rings. The van der Waals surface area contributed by atoms with Gasteiger partial charge in [0, 0.05) is 12.3 Å². The highest BCUT2D eigenvalue weighted by Crippen LogP contribution is 2.75. The van der Waals surface area contributed by atoms with Gasteiger partial charge in [0.05, 0.1) is 0 Å². The van der Waals surface area contributed by atoms with E-state index in [-0.39, 0.29) is 22.9 Å². The standard InChI is InChI=1S/C32H52O2/c1-21(33)34-26-20-29(6)17-18-31(8)22(23(29)19-28(26,4)5)11-12-25-30(7)15-10-14-27(2,3)24(30)13-16-32(25,31)9/h11,23-26H,10,12-20H2,1-9H3/t23-,24-,25+,26-,29-,30-,31+,32+/m0/s1. The first-order chi connectivity index (χ1) is 15.6. The van der Waals surface area contributed by atoms with Gasteiger partial charge in [-0.3, -0.25) is 4.79 Å². The molecule has 0 heterocycles. The van der Waals surface area contributed by atoms with Gasteiger partial charge in [0.2, 0.25) is 0 Å². The fourth-order valence-corrected chi connectivity index (χ4v) is 11.0. The summed E-state index contributed by atoms with van der Waals surface area (Å²) in [6.45, 7) is 22.0. The average Bonchev–Trinajstić information content (AvgIpc) is 2.69. The molecule has 2 nitrogen and oxygen atoms in total. The molecule has 0 radical (unpaired) electrons. The van der Waals surface area contributed by atoms with E-state index in [0.717, 1.165) is 24.7 Å². The number of carbonyl (C=O) groups excluding carboxylic acids is 1. The van der Waals surface area contributed by atoms with E-state index in [2.05, 4.69) is 61.5 Å². The van der Waals surface area contributed by atoms with Crippen LogP contribution in [0.15, 0.2) is 11.6 Å². The van der Waals surface area contributed by atoms with Crippen molar-refractivity contribution in [2.75, 3.05) is 0 Å². The minimum atomic E-state index is -0.117. The molecule has 34 heavy (non-hydrogen) atoms. The normalized spacial score (nSPS) is 51.1. The van der Waals surface area contributed by atoms with Crippen molar-refractivity contribution in [2.45, 2.75) is 133 Å². The Bertz CT molecular complexity index is 897. The third-order valence-corrected chi connectivity index (χ3v) is 13.2. The van der Waals surface area contributed by atoms with Crippen LogP contribution in [0.2, 0.25) is 0 Å². The maximum absolute atomic E-state index is 11.9. The van der Waals surface area contributed by atoms with Crippen LogP contribution in [-0.2, 0) is 9.53 Å². The van der Waals surface area contributed by atoms with Crippen molar-refractivity contribution in [1.29, 1.82) is 0 Å². The summed E-state index contributed by atoms with van der Waals surface area (Å²) in [7, 11) is 0. The van der Waals surface area contributed by atoms with Crippen molar-refractivity contribution in [3.8, 4) is 0 Å². The topological polar surface area (TPSA) is 26.3 Å². The summed E-state index contributed by atoms with van der Waals surface area (Å²) in [5.41, 5.74) is 3.75. The van der Waals surface area contributed by atoms with Crippen LogP contribution < -0.4 is 0 Å². The highest BCUT2D eigenvalue weighted by molar-refractivity contribution is 5.66. The van der Waals surface area contributed by atoms with Gasteiger partial charge in [-0.15, -0.1) is 0 Å². The largest absolute Gasteiger partial charge is 0.462 e. The summed E-state index contributed by atoms with van der Waals surface area (Å²) in [4.78, 5) is 11.9. The summed E-state index contributed by atoms with van der Waals surface area (Å²) in [6, 6.07) is 0. The third-order valence-electron chi connectivity index (χ3n) is 13.2. The Morgan fingerprint density at radius 2 is 1.56 bits per heavy atom. The van der Waals surface area contributed by atoms with Crippen LogP contribution in [0.1, 0.15) is 127 Å². The lowest BCUT2D eigenvalue weighted by Gasteiger charge is -2.71. The molecule has 2 heteroatoms. The van der Waals surface area contributed by atoms with Gasteiger partial charge in [0.25, 0.3) is 0 Å². The molecule has 0 N–H and O–H groups in total. The fourth-order valence-electron chi connectivity index (χ4n) is 11.0. The maximum Gasteiger partial charge on any atom is 0.302 e. The Kier molecular flexibility index (Phi) is 5.40. The highest BCUT2D eigenvalue weighted by atomic mass is 16.5. The number of hydrogen-bond acceptors (Lipinski definition) is 2. The van der Waals surface area contributed by atoms with Gasteiger partial charge in [-0.2, -0.15) is 0 Å². The second-order valence-electron chi connectivity index (χ2n) is 15.8. The molecule has 5 rings (SSSR count). The zero-order valence-electron chi connectivity index (χ0n) is 23.8. The molecule has 4 fully saturated rings. The van der Waals surface area contributed by atoms with Crippen LogP contribution in [0.25, 0.3) is 0 Å². The van der Waals surface area contributed by atoms with Gasteiger partial charge in [-0.1, -0.05) is 73.5 Å². The Labute approximate surface area is 210 Å². The summed E-state index contributed by atoms with van der Waals surface area (Å²) in [5.74, 6) is 2.19. The van der Waals surface area contributed by atoms with E-state index in [0.29, 0.717) is 27.6 Å². The molecule has 0 aromatic rings. The Hall–Kier alpha value is -0.790. The zero-order valence-corrected chi connectivity index (χ0v) is 23.8. The maximum atomic E-state index is 11.9. The quantitative estimate of drug-likeness (QED) is 0.284. The smallest absolute Gasteiger partial charge is 0.302 e. The van der Waals surface area contributed by atoms with Crippen molar-refractivity contribution < 1.29 is 9.53 Å². The number of carbonyl (C=O) groups is 1. The molecule has 0 aliphatic heterocycles. The van der Waals surface area contributed by atoms with Crippen LogP contribution >= 0.6 is 0 Å². The summed E-state index contributed by atoms with van der Waals surface area (Å²) in [6.07, 6.45) is 15.9. The van der Waals surface area contributed by atoms with E-state index in [9.17, 15) is 4.79 Å². The van der Waals surface area contributed by atoms with Crippen molar-refractivity contribution in [3.05, 3.63) is 11.6 Å². The lowest BCUT2D eigenvalue weighted by molar-refractivity contribution is -0.188. The molecule has 0 amide bonds. The Morgan fingerprint density at radius 1 is 0.853 bits per heavy atom. The summed E-state index contributed by atoms with van der Waals surface area (Å²) >= 11 is 0. The van der Waals surface area contributed by atoms with Crippen LogP contribution in [-0.4, -0.2) is 12.1 Å². The van der Waals surface area contributed by atoms with Crippen LogP contribution in [0.3, 0.4) is 0 Å². The molecule has 0 spiro atoms. The third kappa shape index (κ3) is 3.21. The van der Waals surface area contributed by atoms with Gasteiger partial charge >= 0.3 is 5.97 Å². The van der Waals surface area contributed by atoms with E-state index >= 15 is 0 Å². The van der Waals surface area contributed by atoms with Gasteiger partial charge in [-0.05, 0) is 103 Å². The molecule has 4 saturated carbocycles. The molecule has 0 bridgehead atoms. The van der Waals surface area contributed by atoms with Gasteiger partial charge in [-0.25, -0.2) is 0 Å². The minimum absolute atomic E-state index is 0.0315. The second kappa shape index (κ2) is 7.38. The second-order valence-corrected chi connectivity index (χ2v) is 15.8. The number of esters is 1. The molecule has 0 saturated heterocycles. The molecule has 8 atom stereocenters. The fraction of sp³-hybridized carbons (Fsp3) is 0.906. The van der Waals surface area contributed by atoms with E-state index < -0.39 is 0 Å². The van der Waals surface area contributed by atoms with Crippen molar-refractivity contribution >= 4 is 5.97 Å². The number of hydrogen-bond donors (Lipinski definition) is 0. The summed E-state index contributed by atoms with van der Waals surface area (Å²) in [5, 5.41) is 0. The average molecular weight is 469 g/mol. The van der Waals surface area contributed by atoms with E-state index in [4.69, 9.17) is 4.74 Å². The molecule has 0 aromatic heterocycles. The van der Waals surface area contributed by atoms with Crippen LogP contribution in [0.5, 0.6) is 0 Å². The Morgan fingerprint density at radius 3 is 2.24 bits per heavy atom. The number of allylic oxidation sites excluding steroid dienone is 2. The highest BCUT2D eigenvalue weighted by Gasteiger charge is 2.67. The van der Waals surface area contributed by atoms with Crippen molar-refractivity contribution in [2.24, 2.45) is 50.2 Å². The lowest BCUT2D eigenvalue weighted by atomic mass is 9.34. The minimum Gasteiger partial charge on any atom is -0.462 e. The zero-order chi connectivity index (χ0) is 24.9. The SMILES string of the molecule is CC(=O)O[C@H]1C[C@]2(C)CC[C@]3(C)C(=CC[C@@H]4[C@@]5(C)CCCC(C)(C)[C@@H]5CC[C@]43C)[C@@H]2CC1(C)C. The molecule has 5 aliphatic carbocycles. The molecule has 0 unspecified atom stereocenters. The molecule has 0 aromatic carbocycles. The van der Waals surface area contributed by atoms with E-state index in [1.807, 2.05) is 0 Å². The molecular formula is C32H52O2. The van der Waals surface area contributed by atoms with E-state index in [1.165, 1.54) is 51.4 Å². The first-order valence-electron chi connectivity index (χ1n) is 14.5. The number of rotatable bonds is 1. The monoisotopic (exact) mass is 468 g/mol. The van der Waals surface area contributed by atoms with Crippen LogP contribution in [0, 0.1) is 50.2 Å². The first-order valence-corrected chi connectivity index (χ1v) is 14.5. The van der Waals surface area contributed by atoms with Crippen LogP contribution in [0.4, 0.5) is 0 Å². The molecule has 192 valence electrons. The van der Waals surface area contributed by atoms with Crippen molar-refractivity contribution in [3.63, 3.8) is 0 Å². The van der Waals surface area contributed by atoms with Gasteiger partial charge in [0.15, 0.2) is 0 Å².